The number of fused-ring (bicyclic) bond motifs is 3. The van der Waals surface area contributed by atoms with Crippen molar-refractivity contribution in [3.63, 3.8) is 0 Å². The minimum absolute atomic E-state index is 1.17. The van der Waals surface area contributed by atoms with Crippen molar-refractivity contribution in [3.05, 3.63) is 103 Å². The van der Waals surface area contributed by atoms with Gasteiger partial charge in [0, 0.05) is 37.2 Å². The third-order valence-electron chi connectivity index (χ3n) is 4.90. The summed E-state index contributed by atoms with van der Waals surface area (Å²) in [5.74, 6) is 0. The lowest BCUT2D eigenvalue weighted by molar-refractivity contribution is 1.29. The minimum Gasteiger partial charge on any atom is -0.310 e. The van der Waals surface area contributed by atoms with E-state index in [2.05, 4.69) is 109 Å². The Morgan fingerprint density at radius 3 is 1.89 bits per heavy atom. The van der Waals surface area contributed by atoms with Gasteiger partial charge in [0.25, 0.3) is 0 Å². The highest BCUT2D eigenvalue weighted by Crippen LogP contribution is 2.40. The molecule has 0 radical (unpaired) electrons. The van der Waals surface area contributed by atoms with Crippen molar-refractivity contribution in [2.45, 2.75) is 6.92 Å². The van der Waals surface area contributed by atoms with Gasteiger partial charge in [-0.3, -0.25) is 0 Å². The fourth-order valence-electron chi connectivity index (χ4n) is 3.61. The standard InChI is InChI=1S/C25H19NS/c1-18-12-14-22-23-17-21(13-15-24(23)27-25(22)16-18)26(19-8-4-2-5-9-19)20-10-6-3-7-11-20/h2-17H,1H3. The second-order valence-corrected chi connectivity index (χ2v) is 7.87. The van der Waals surface area contributed by atoms with Crippen LogP contribution in [0.2, 0.25) is 0 Å². The van der Waals surface area contributed by atoms with Crippen LogP contribution in [0.5, 0.6) is 0 Å². The van der Waals surface area contributed by atoms with Crippen molar-refractivity contribution < 1.29 is 0 Å². The van der Waals surface area contributed by atoms with E-state index in [4.69, 9.17) is 0 Å². The Morgan fingerprint density at radius 2 is 1.22 bits per heavy atom. The van der Waals surface area contributed by atoms with Gasteiger partial charge in [0.2, 0.25) is 0 Å². The molecule has 0 aliphatic heterocycles. The van der Waals surface area contributed by atoms with Crippen LogP contribution in [0.15, 0.2) is 97.1 Å². The second-order valence-electron chi connectivity index (χ2n) is 6.79. The van der Waals surface area contributed by atoms with E-state index < -0.39 is 0 Å². The maximum Gasteiger partial charge on any atom is 0.0468 e. The van der Waals surface area contributed by atoms with E-state index in [9.17, 15) is 0 Å². The molecule has 0 saturated heterocycles. The number of nitrogens with zero attached hydrogens (tertiary/aromatic N) is 1. The van der Waals surface area contributed by atoms with Gasteiger partial charge >= 0.3 is 0 Å². The quantitative estimate of drug-likeness (QED) is 0.315. The molecule has 0 saturated carbocycles. The molecule has 5 aromatic rings. The van der Waals surface area contributed by atoms with Crippen LogP contribution >= 0.6 is 11.3 Å². The first-order chi connectivity index (χ1) is 13.3. The van der Waals surface area contributed by atoms with Crippen LogP contribution in [0.25, 0.3) is 20.2 Å². The van der Waals surface area contributed by atoms with Crippen LogP contribution in [0.4, 0.5) is 17.1 Å². The zero-order valence-corrected chi connectivity index (χ0v) is 15.9. The summed E-state index contributed by atoms with van der Waals surface area (Å²) in [6.07, 6.45) is 0. The number of anilines is 3. The third-order valence-corrected chi connectivity index (χ3v) is 6.03. The molecule has 0 N–H and O–H groups in total. The summed E-state index contributed by atoms with van der Waals surface area (Å²) < 4.78 is 2.69. The predicted octanol–water partition coefficient (Wildman–Crippen LogP) is 7.83. The molecule has 0 atom stereocenters. The first-order valence-corrected chi connectivity index (χ1v) is 9.94. The van der Waals surface area contributed by atoms with Gasteiger partial charge in [0.15, 0.2) is 0 Å². The van der Waals surface area contributed by atoms with Crippen LogP contribution in [0.1, 0.15) is 5.56 Å². The summed E-state index contributed by atoms with van der Waals surface area (Å²) >= 11 is 1.87. The van der Waals surface area contributed by atoms with Crippen molar-refractivity contribution in [1.82, 2.24) is 0 Å². The molecule has 0 aliphatic rings. The van der Waals surface area contributed by atoms with E-state index in [0.717, 1.165) is 0 Å². The van der Waals surface area contributed by atoms with Gasteiger partial charge < -0.3 is 4.90 Å². The van der Waals surface area contributed by atoms with E-state index in [1.807, 2.05) is 11.3 Å². The molecule has 2 heteroatoms. The lowest BCUT2D eigenvalue weighted by Gasteiger charge is -2.25. The Bertz CT molecular complexity index is 1180. The molecule has 1 aromatic heterocycles. The summed E-state index contributed by atoms with van der Waals surface area (Å²) in [6.45, 7) is 2.15. The molecule has 1 nitrogen and oxygen atoms in total. The first kappa shape index (κ1) is 16.1. The molecule has 0 bridgehead atoms. The summed E-state index contributed by atoms with van der Waals surface area (Å²) in [5, 5.41) is 2.66. The van der Waals surface area contributed by atoms with Gasteiger partial charge in [0.05, 0.1) is 0 Å². The van der Waals surface area contributed by atoms with Crippen LogP contribution < -0.4 is 4.90 Å². The molecule has 0 unspecified atom stereocenters. The number of aryl methyl sites for hydroxylation is 1. The van der Waals surface area contributed by atoms with Crippen LogP contribution in [0.3, 0.4) is 0 Å². The van der Waals surface area contributed by atoms with Crippen molar-refractivity contribution in [2.24, 2.45) is 0 Å². The van der Waals surface area contributed by atoms with Crippen molar-refractivity contribution in [3.8, 4) is 0 Å². The van der Waals surface area contributed by atoms with E-state index in [-0.39, 0.29) is 0 Å². The van der Waals surface area contributed by atoms with Gasteiger partial charge in [-0.2, -0.15) is 0 Å². The molecule has 0 aliphatic carbocycles. The van der Waals surface area contributed by atoms with Crippen LogP contribution in [-0.4, -0.2) is 0 Å². The molecular formula is C25H19NS. The molecule has 27 heavy (non-hydrogen) atoms. The van der Waals surface area contributed by atoms with Gasteiger partial charge in [-0.15, -0.1) is 11.3 Å². The Morgan fingerprint density at radius 1 is 0.556 bits per heavy atom. The SMILES string of the molecule is Cc1ccc2c(c1)sc1ccc(N(c3ccccc3)c3ccccc3)cc12. The summed E-state index contributed by atoms with van der Waals surface area (Å²) in [5.41, 5.74) is 4.82. The number of hydrogen-bond donors (Lipinski definition) is 0. The minimum atomic E-state index is 1.17. The number of rotatable bonds is 3. The van der Waals surface area contributed by atoms with Crippen molar-refractivity contribution in [2.75, 3.05) is 4.90 Å². The normalized spacial score (nSPS) is 11.1. The summed E-state index contributed by atoms with van der Waals surface area (Å²) in [7, 11) is 0. The van der Waals surface area contributed by atoms with Crippen molar-refractivity contribution >= 4 is 48.6 Å². The number of thiophene rings is 1. The second kappa shape index (κ2) is 6.57. The maximum absolute atomic E-state index is 2.32. The van der Waals surface area contributed by atoms with E-state index in [1.54, 1.807) is 0 Å². The Hall–Kier alpha value is -3.10. The van der Waals surface area contributed by atoms with E-state index >= 15 is 0 Å². The van der Waals surface area contributed by atoms with Gasteiger partial charge in [-0.05, 0) is 61.0 Å². The summed E-state index contributed by atoms with van der Waals surface area (Å²) in [6, 6.07) is 34.7. The zero-order chi connectivity index (χ0) is 18.2. The third kappa shape index (κ3) is 2.88. The molecule has 0 amide bonds. The zero-order valence-electron chi connectivity index (χ0n) is 15.1. The molecule has 1 heterocycles. The molecular weight excluding hydrogens is 346 g/mol. The molecule has 0 spiro atoms. The van der Waals surface area contributed by atoms with Crippen molar-refractivity contribution in [1.29, 1.82) is 0 Å². The van der Waals surface area contributed by atoms with Crippen LogP contribution in [-0.2, 0) is 0 Å². The van der Waals surface area contributed by atoms with Gasteiger partial charge in [-0.1, -0.05) is 48.5 Å². The van der Waals surface area contributed by atoms with Crippen LogP contribution in [0, 0.1) is 6.92 Å². The van der Waals surface area contributed by atoms with E-state index in [1.165, 1.54) is 42.8 Å². The molecule has 130 valence electrons. The number of benzene rings is 4. The Balaban J connectivity index is 1.74. The Labute approximate surface area is 163 Å². The average molecular weight is 366 g/mol. The van der Waals surface area contributed by atoms with E-state index in [0.29, 0.717) is 0 Å². The maximum atomic E-state index is 2.32. The highest BCUT2D eigenvalue weighted by atomic mass is 32.1. The number of para-hydroxylation sites is 2. The molecule has 5 rings (SSSR count). The highest BCUT2D eigenvalue weighted by Gasteiger charge is 2.14. The molecule has 0 fully saturated rings. The Kier molecular flexibility index (Phi) is 3.92. The highest BCUT2D eigenvalue weighted by molar-refractivity contribution is 7.25. The fourth-order valence-corrected chi connectivity index (χ4v) is 4.80. The topological polar surface area (TPSA) is 3.24 Å². The smallest absolute Gasteiger partial charge is 0.0468 e. The lowest BCUT2D eigenvalue weighted by atomic mass is 10.1. The van der Waals surface area contributed by atoms with Gasteiger partial charge in [0.1, 0.15) is 0 Å². The first-order valence-electron chi connectivity index (χ1n) is 9.13. The molecule has 4 aromatic carbocycles. The largest absolute Gasteiger partial charge is 0.310 e. The number of hydrogen-bond acceptors (Lipinski definition) is 2. The van der Waals surface area contributed by atoms with Gasteiger partial charge in [-0.25, -0.2) is 0 Å². The summed E-state index contributed by atoms with van der Waals surface area (Å²) in [4.78, 5) is 2.32. The lowest BCUT2D eigenvalue weighted by Crippen LogP contribution is -2.09. The predicted molar refractivity (Wildman–Crippen MR) is 119 cm³/mol. The monoisotopic (exact) mass is 365 g/mol. The fraction of sp³-hybridized carbons (Fsp3) is 0.0400. The average Bonchev–Trinajstić information content (AvgIpc) is 3.07.